The molecular formula is C19H16ClFN4O. The molecule has 3 aromatic rings. The maximum atomic E-state index is 13.6. The van der Waals surface area contributed by atoms with Crippen molar-refractivity contribution in [2.75, 3.05) is 10.6 Å². The second-order valence-corrected chi connectivity index (χ2v) is 6.04. The minimum atomic E-state index is -0.279. The highest BCUT2D eigenvalue weighted by molar-refractivity contribution is 6.30. The first-order chi connectivity index (χ1) is 12.6. The van der Waals surface area contributed by atoms with Gasteiger partial charge in [0.25, 0.3) is 0 Å². The lowest BCUT2D eigenvalue weighted by molar-refractivity contribution is -0.115. The van der Waals surface area contributed by atoms with Crippen molar-refractivity contribution in [1.29, 1.82) is 0 Å². The molecule has 0 bridgehead atoms. The van der Waals surface area contributed by atoms with Crippen LogP contribution in [0.15, 0.2) is 60.7 Å². The molecule has 0 aliphatic heterocycles. The number of hydrogen-bond acceptors (Lipinski definition) is 4. The number of benzene rings is 2. The number of halogens is 2. The molecule has 0 atom stereocenters. The molecule has 0 radical (unpaired) electrons. The number of nitrogens with zero attached hydrogens (tertiary/aromatic N) is 2. The monoisotopic (exact) mass is 370 g/mol. The summed E-state index contributed by atoms with van der Waals surface area (Å²) in [6, 6.07) is 16.9. The molecular weight excluding hydrogens is 355 g/mol. The molecule has 2 N–H and O–H groups in total. The summed E-state index contributed by atoms with van der Waals surface area (Å²) in [4.78, 5) is 12.0. The number of hydrogen-bond donors (Lipinski definition) is 2. The van der Waals surface area contributed by atoms with Gasteiger partial charge in [0.1, 0.15) is 11.6 Å². The van der Waals surface area contributed by atoms with Crippen LogP contribution in [-0.2, 0) is 17.8 Å². The van der Waals surface area contributed by atoms with Gasteiger partial charge < -0.3 is 10.6 Å². The van der Waals surface area contributed by atoms with Crippen molar-refractivity contribution in [3.63, 3.8) is 0 Å². The fourth-order valence-electron chi connectivity index (χ4n) is 2.30. The van der Waals surface area contributed by atoms with E-state index < -0.39 is 0 Å². The van der Waals surface area contributed by atoms with Crippen molar-refractivity contribution in [1.82, 2.24) is 10.2 Å². The van der Waals surface area contributed by atoms with E-state index in [0.717, 1.165) is 5.56 Å². The fraction of sp³-hybridized carbons (Fsp3) is 0.105. The third-order valence-electron chi connectivity index (χ3n) is 3.63. The van der Waals surface area contributed by atoms with Gasteiger partial charge in [-0.1, -0.05) is 41.9 Å². The Morgan fingerprint density at radius 2 is 1.65 bits per heavy atom. The van der Waals surface area contributed by atoms with Gasteiger partial charge in [-0.25, -0.2) is 4.39 Å². The highest BCUT2D eigenvalue weighted by Gasteiger charge is 2.06. The van der Waals surface area contributed by atoms with Gasteiger partial charge >= 0.3 is 0 Å². The van der Waals surface area contributed by atoms with Gasteiger partial charge in [-0.15, -0.1) is 10.2 Å². The van der Waals surface area contributed by atoms with Crippen LogP contribution in [0, 0.1) is 5.82 Å². The smallest absolute Gasteiger partial charge is 0.229 e. The van der Waals surface area contributed by atoms with E-state index in [-0.39, 0.29) is 18.1 Å². The summed E-state index contributed by atoms with van der Waals surface area (Å²) in [6.45, 7) is 0.295. The zero-order valence-corrected chi connectivity index (χ0v) is 14.5. The van der Waals surface area contributed by atoms with Crippen molar-refractivity contribution >= 4 is 29.1 Å². The number of amides is 1. The lowest BCUT2D eigenvalue weighted by atomic mass is 10.1. The third kappa shape index (κ3) is 5.00. The Balaban J connectivity index is 1.53. The average Bonchev–Trinajstić information content (AvgIpc) is 2.64. The fourth-order valence-corrected chi connectivity index (χ4v) is 2.42. The van der Waals surface area contributed by atoms with Crippen LogP contribution in [0.25, 0.3) is 0 Å². The van der Waals surface area contributed by atoms with Crippen LogP contribution in [0.5, 0.6) is 0 Å². The molecule has 0 fully saturated rings. The van der Waals surface area contributed by atoms with Crippen LogP contribution in [0.4, 0.5) is 16.0 Å². The van der Waals surface area contributed by atoms with Crippen molar-refractivity contribution in [2.45, 2.75) is 13.0 Å². The zero-order valence-electron chi connectivity index (χ0n) is 13.7. The lowest BCUT2D eigenvalue weighted by Crippen LogP contribution is -2.16. The number of carbonyl (C=O) groups is 1. The molecule has 0 aliphatic carbocycles. The zero-order chi connectivity index (χ0) is 18.4. The molecule has 0 spiro atoms. The minimum Gasteiger partial charge on any atom is -0.364 e. The molecule has 2 aromatic carbocycles. The van der Waals surface area contributed by atoms with Crippen LogP contribution >= 0.6 is 11.6 Å². The second-order valence-electron chi connectivity index (χ2n) is 5.60. The van der Waals surface area contributed by atoms with E-state index >= 15 is 0 Å². The topological polar surface area (TPSA) is 66.9 Å². The van der Waals surface area contributed by atoms with Gasteiger partial charge in [0.15, 0.2) is 5.82 Å². The van der Waals surface area contributed by atoms with Crippen LogP contribution in [0.2, 0.25) is 5.02 Å². The summed E-state index contributed by atoms with van der Waals surface area (Å²) in [7, 11) is 0. The Hall–Kier alpha value is -2.99. The van der Waals surface area contributed by atoms with Gasteiger partial charge in [0.2, 0.25) is 5.91 Å². The van der Waals surface area contributed by atoms with Crippen molar-refractivity contribution in [3.05, 3.63) is 82.6 Å². The Morgan fingerprint density at radius 1 is 0.962 bits per heavy atom. The number of anilines is 2. The summed E-state index contributed by atoms with van der Waals surface area (Å²) in [5.74, 6) is 0.358. The molecule has 0 saturated carbocycles. The summed E-state index contributed by atoms with van der Waals surface area (Å²) >= 11 is 5.82. The highest BCUT2D eigenvalue weighted by Crippen LogP contribution is 2.12. The third-order valence-corrected chi connectivity index (χ3v) is 3.88. The van der Waals surface area contributed by atoms with E-state index in [0.29, 0.717) is 28.8 Å². The Morgan fingerprint density at radius 3 is 2.35 bits per heavy atom. The number of aromatic nitrogens is 2. The van der Waals surface area contributed by atoms with Crippen molar-refractivity contribution in [3.8, 4) is 0 Å². The molecule has 0 unspecified atom stereocenters. The first kappa shape index (κ1) is 17.8. The highest BCUT2D eigenvalue weighted by atomic mass is 35.5. The average molecular weight is 371 g/mol. The Labute approximate surface area is 155 Å². The Bertz CT molecular complexity index is 885. The first-order valence-corrected chi connectivity index (χ1v) is 8.33. The van der Waals surface area contributed by atoms with E-state index in [2.05, 4.69) is 20.8 Å². The number of carbonyl (C=O) groups excluding carboxylic acids is 1. The molecule has 7 heteroatoms. The molecule has 5 nitrogen and oxygen atoms in total. The van der Waals surface area contributed by atoms with Gasteiger partial charge in [-0.05, 0) is 35.9 Å². The largest absolute Gasteiger partial charge is 0.364 e. The number of rotatable bonds is 6. The van der Waals surface area contributed by atoms with Crippen LogP contribution in [-0.4, -0.2) is 16.1 Å². The van der Waals surface area contributed by atoms with Gasteiger partial charge in [-0.2, -0.15) is 0 Å². The van der Waals surface area contributed by atoms with E-state index in [1.54, 1.807) is 54.6 Å². The second kappa shape index (κ2) is 8.40. The molecule has 132 valence electrons. The summed E-state index contributed by atoms with van der Waals surface area (Å²) in [5, 5.41) is 14.2. The van der Waals surface area contributed by atoms with E-state index in [1.165, 1.54) is 6.07 Å². The van der Waals surface area contributed by atoms with Crippen molar-refractivity contribution < 1.29 is 9.18 Å². The molecule has 1 heterocycles. The standard InChI is InChI=1S/C19H16ClFN4O/c20-15-7-5-13(6-8-15)11-19(26)23-18-10-9-17(24-25-18)22-12-14-3-1-2-4-16(14)21/h1-10H,11-12H2,(H,22,24)(H,23,25,26). The maximum Gasteiger partial charge on any atom is 0.229 e. The maximum absolute atomic E-state index is 13.6. The summed E-state index contributed by atoms with van der Waals surface area (Å²) < 4.78 is 13.6. The predicted octanol–water partition coefficient (Wildman–Crippen LogP) is 4.06. The summed E-state index contributed by atoms with van der Waals surface area (Å²) in [5.41, 5.74) is 1.39. The van der Waals surface area contributed by atoms with Crippen molar-refractivity contribution in [2.24, 2.45) is 0 Å². The van der Waals surface area contributed by atoms with Gasteiger partial charge in [0.05, 0.1) is 6.42 Å². The molecule has 3 rings (SSSR count). The lowest BCUT2D eigenvalue weighted by Gasteiger charge is -2.07. The van der Waals surface area contributed by atoms with E-state index in [9.17, 15) is 9.18 Å². The summed E-state index contributed by atoms with van der Waals surface area (Å²) in [6.07, 6.45) is 0.214. The molecule has 0 aliphatic rings. The first-order valence-electron chi connectivity index (χ1n) is 7.95. The van der Waals surface area contributed by atoms with E-state index in [1.807, 2.05) is 0 Å². The van der Waals surface area contributed by atoms with Crippen LogP contribution in [0.3, 0.4) is 0 Å². The van der Waals surface area contributed by atoms with E-state index in [4.69, 9.17) is 11.6 Å². The number of nitrogens with one attached hydrogen (secondary N) is 2. The quantitative estimate of drug-likeness (QED) is 0.686. The van der Waals surface area contributed by atoms with Crippen LogP contribution in [0.1, 0.15) is 11.1 Å². The SMILES string of the molecule is O=C(Cc1ccc(Cl)cc1)Nc1ccc(NCc2ccccc2F)nn1. The molecule has 1 amide bonds. The van der Waals surface area contributed by atoms with Gasteiger partial charge in [0, 0.05) is 17.1 Å². The van der Waals surface area contributed by atoms with Gasteiger partial charge in [-0.3, -0.25) is 4.79 Å². The predicted molar refractivity (Wildman–Crippen MR) is 99.5 cm³/mol. The molecule has 26 heavy (non-hydrogen) atoms. The molecule has 0 saturated heterocycles. The Kier molecular flexibility index (Phi) is 5.76. The normalized spacial score (nSPS) is 10.4. The molecule has 1 aromatic heterocycles. The minimum absolute atomic E-state index is 0.200. The van der Waals surface area contributed by atoms with Crippen LogP contribution < -0.4 is 10.6 Å².